The minimum atomic E-state index is -0.434. The van der Waals surface area contributed by atoms with Gasteiger partial charge < -0.3 is 24.3 Å². The van der Waals surface area contributed by atoms with Gasteiger partial charge in [0.2, 0.25) is 5.75 Å². The highest BCUT2D eigenvalue weighted by Crippen LogP contribution is 2.47. The van der Waals surface area contributed by atoms with E-state index in [0.29, 0.717) is 23.9 Å². The van der Waals surface area contributed by atoms with Crippen LogP contribution < -0.4 is 19.5 Å². The van der Waals surface area contributed by atoms with Crippen LogP contribution >= 0.6 is 0 Å². The zero-order valence-electron chi connectivity index (χ0n) is 13.0. The minimum absolute atomic E-state index is 0.242. The van der Waals surface area contributed by atoms with Crippen LogP contribution in [0.1, 0.15) is 25.5 Å². The third-order valence-corrected chi connectivity index (χ3v) is 3.66. The van der Waals surface area contributed by atoms with Crippen molar-refractivity contribution in [3.05, 3.63) is 17.7 Å². The van der Waals surface area contributed by atoms with Crippen LogP contribution in [0, 0.1) is 5.41 Å². The SMILES string of the molecule is COc1ccc([C@@H]2NC(=O)OCC2(C)C)c(OC)c1OC. The number of ether oxygens (including phenoxy) is 4. The average molecular weight is 295 g/mol. The first kappa shape index (κ1) is 15.3. The molecule has 1 aromatic carbocycles. The number of benzene rings is 1. The fraction of sp³-hybridized carbons (Fsp3) is 0.533. The number of carbonyl (C=O) groups is 1. The third kappa shape index (κ3) is 2.70. The Morgan fingerprint density at radius 3 is 2.38 bits per heavy atom. The normalized spacial score (nSPS) is 20.2. The third-order valence-electron chi connectivity index (χ3n) is 3.66. The first-order chi connectivity index (χ1) is 9.94. The van der Waals surface area contributed by atoms with E-state index in [4.69, 9.17) is 18.9 Å². The molecule has 1 amide bonds. The van der Waals surface area contributed by atoms with Crippen molar-refractivity contribution < 1.29 is 23.7 Å². The summed E-state index contributed by atoms with van der Waals surface area (Å²) in [6, 6.07) is 3.43. The Morgan fingerprint density at radius 1 is 1.14 bits per heavy atom. The molecule has 0 radical (unpaired) electrons. The van der Waals surface area contributed by atoms with E-state index in [2.05, 4.69) is 5.32 Å². The molecular weight excluding hydrogens is 274 g/mol. The molecule has 21 heavy (non-hydrogen) atoms. The molecule has 0 saturated carbocycles. The number of rotatable bonds is 4. The van der Waals surface area contributed by atoms with Gasteiger partial charge in [-0.1, -0.05) is 13.8 Å². The topological polar surface area (TPSA) is 66.0 Å². The second kappa shape index (κ2) is 5.71. The van der Waals surface area contributed by atoms with E-state index in [1.54, 1.807) is 27.4 Å². The molecule has 1 atom stereocenters. The second-order valence-electron chi connectivity index (χ2n) is 5.57. The van der Waals surface area contributed by atoms with Crippen molar-refractivity contribution in [2.24, 2.45) is 5.41 Å². The molecule has 1 aliphatic rings. The van der Waals surface area contributed by atoms with Crippen molar-refractivity contribution in [2.75, 3.05) is 27.9 Å². The van der Waals surface area contributed by atoms with Gasteiger partial charge >= 0.3 is 6.09 Å². The molecule has 1 fully saturated rings. The number of nitrogens with one attached hydrogen (secondary N) is 1. The maximum Gasteiger partial charge on any atom is 0.407 e. The quantitative estimate of drug-likeness (QED) is 0.924. The summed E-state index contributed by atoms with van der Waals surface area (Å²) >= 11 is 0. The van der Waals surface area contributed by atoms with Crippen molar-refractivity contribution in [2.45, 2.75) is 19.9 Å². The smallest absolute Gasteiger partial charge is 0.407 e. The van der Waals surface area contributed by atoms with Gasteiger partial charge in [0.15, 0.2) is 11.5 Å². The number of cyclic esters (lactones) is 1. The molecule has 1 aromatic rings. The van der Waals surface area contributed by atoms with E-state index in [1.807, 2.05) is 19.9 Å². The van der Waals surface area contributed by atoms with Gasteiger partial charge in [-0.15, -0.1) is 0 Å². The van der Waals surface area contributed by atoms with Crippen LogP contribution in [-0.2, 0) is 4.74 Å². The van der Waals surface area contributed by atoms with E-state index in [0.717, 1.165) is 5.56 Å². The summed E-state index contributed by atoms with van der Waals surface area (Å²) < 4.78 is 21.2. The van der Waals surface area contributed by atoms with E-state index < -0.39 is 6.09 Å². The molecule has 1 aliphatic heterocycles. The number of methoxy groups -OCH3 is 3. The fourth-order valence-corrected chi connectivity index (χ4v) is 2.54. The second-order valence-corrected chi connectivity index (χ2v) is 5.57. The van der Waals surface area contributed by atoms with E-state index in [-0.39, 0.29) is 11.5 Å². The van der Waals surface area contributed by atoms with Crippen molar-refractivity contribution in [3.8, 4) is 17.2 Å². The largest absolute Gasteiger partial charge is 0.493 e. The van der Waals surface area contributed by atoms with Crippen LogP contribution in [0.15, 0.2) is 12.1 Å². The van der Waals surface area contributed by atoms with Crippen molar-refractivity contribution >= 4 is 6.09 Å². The minimum Gasteiger partial charge on any atom is -0.493 e. The molecule has 6 nitrogen and oxygen atoms in total. The number of carbonyl (C=O) groups excluding carboxylic acids is 1. The highest BCUT2D eigenvalue weighted by molar-refractivity contribution is 5.70. The van der Waals surface area contributed by atoms with Crippen LogP contribution in [0.25, 0.3) is 0 Å². The maximum absolute atomic E-state index is 11.6. The lowest BCUT2D eigenvalue weighted by Gasteiger charge is -2.39. The number of alkyl carbamates (subject to hydrolysis) is 1. The van der Waals surface area contributed by atoms with Crippen LogP contribution in [-0.4, -0.2) is 34.0 Å². The number of amides is 1. The Bertz CT molecular complexity index is 541. The molecule has 0 bridgehead atoms. The van der Waals surface area contributed by atoms with Gasteiger partial charge in [0.05, 0.1) is 27.4 Å². The molecular formula is C15H21NO5. The van der Waals surface area contributed by atoms with E-state index in [9.17, 15) is 4.79 Å². The molecule has 0 unspecified atom stereocenters. The van der Waals surface area contributed by atoms with Gasteiger partial charge in [-0.05, 0) is 12.1 Å². The zero-order valence-corrected chi connectivity index (χ0v) is 13.0. The van der Waals surface area contributed by atoms with Gasteiger partial charge in [-0.3, -0.25) is 0 Å². The van der Waals surface area contributed by atoms with Gasteiger partial charge in [0.25, 0.3) is 0 Å². The predicted molar refractivity (Wildman–Crippen MR) is 77.1 cm³/mol. The summed E-state index contributed by atoms with van der Waals surface area (Å²) in [6.45, 7) is 4.38. The molecule has 0 aliphatic carbocycles. The van der Waals surface area contributed by atoms with Gasteiger partial charge in [0, 0.05) is 11.0 Å². The van der Waals surface area contributed by atoms with Crippen LogP contribution in [0.4, 0.5) is 4.79 Å². The summed E-state index contributed by atoms with van der Waals surface area (Å²) in [6.07, 6.45) is -0.434. The number of hydrogen-bond acceptors (Lipinski definition) is 5. The van der Waals surface area contributed by atoms with Crippen molar-refractivity contribution in [1.82, 2.24) is 5.32 Å². The first-order valence-electron chi connectivity index (χ1n) is 6.66. The van der Waals surface area contributed by atoms with Crippen molar-refractivity contribution in [3.63, 3.8) is 0 Å². The number of hydrogen-bond donors (Lipinski definition) is 1. The maximum atomic E-state index is 11.6. The zero-order chi connectivity index (χ0) is 15.6. The monoisotopic (exact) mass is 295 g/mol. The molecule has 6 heteroatoms. The molecule has 1 N–H and O–H groups in total. The molecule has 2 rings (SSSR count). The summed E-state index contributed by atoms with van der Waals surface area (Å²) in [7, 11) is 4.68. The average Bonchev–Trinajstić information content (AvgIpc) is 2.48. The molecule has 1 heterocycles. The predicted octanol–water partition coefficient (Wildman–Crippen LogP) is 2.52. The lowest BCUT2D eigenvalue weighted by atomic mass is 9.80. The lowest BCUT2D eigenvalue weighted by molar-refractivity contribution is 0.0379. The molecule has 1 saturated heterocycles. The summed E-state index contributed by atoms with van der Waals surface area (Å²) in [4.78, 5) is 11.6. The summed E-state index contributed by atoms with van der Waals surface area (Å²) in [5, 5.41) is 2.85. The van der Waals surface area contributed by atoms with E-state index >= 15 is 0 Å². The Morgan fingerprint density at radius 2 is 1.81 bits per heavy atom. The van der Waals surface area contributed by atoms with E-state index in [1.165, 1.54) is 0 Å². The van der Waals surface area contributed by atoms with Crippen LogP contribution in [0.3, 0.4) is 0 Å². The Hall–Kier alpha value is -2.11. The summed E-state index contributed by atoms with van der Waals surface area (Å²) in [5.74, 6) is 1.64. The Labute approximate surface area is 124 Å². The highest BCUT2D eigenvalue weighted by Gasteiger charge is 2.40. The van der Waals surface area contributed by atoms with Gasteiger partial charge in [-0.2, -0.15) is 0 Å². The fourth-order valence-electron chi connectivity index (χ4n) is 2.54. The van der Waals surface area contributed by atoms with Crippen LogP contribution in [0.2, 0.25) is 0 Å². The van der Waals surface area contributed by atoms with Gasteiger partial charge in [-0.25, -0.2) is 4.79 Å². The van der Waals surface area contributed by atoms with Gasteiger partial charge in [0.1, 0.15) is 6.61 Å². The highest BCUT2D eigenvalue weighted by atomic mass is 16.6. The lowest BCUT2D eigenvalue weighted by Crippen LogP contribution is -2.47. The summed E-state index contributed by atoms with van der Waals surface area (Å²) in [5.41, 5.74) is 0.553. The standard InChI is InChI=1S/C15H21NO5/c1-15(2)8-21-14(17)16-13(15)9-6-7-10(18-3)12(20-5)11(9)19-4/h6-7,13H,8H2,1-5H3,(H,16,17)/t13-/m0/s1. The Balaban J connectivity index is 2.54. The Kier molecular flexibility index (Phi) is 4.16. The molecule has 0 aromatic heterocycles. The van der Waals surface area contributed by atoms with Crippen molar-refractivity contribution in [1.29, 1.82) is 0 Å². The molecule has 116 valence electrons. The van der Waals surface area contributed by atoms with Crippen LogP contribution in [0.5, 0.6) is 17.2 Å². The first-order valence-corrected chi connectivity index (χ1v) is 6.66. The molecule has 0 spiro atoms.